The maximum absolute atomic E-state index is 6.37. The summed E-state index contributed by atoms with van der Waals surface area (Å²) in [5.41, 5.74) is 6.81. The van der Waals surface area contributed by atoms with Crippen LogP contribution in [0.3, 0.4) is 0 Å². The number of hydrogen-bond donors (Lipinski definition) is 1. The van der Waals surface area contributed by atoms with E-state index in [1.54, 1.807) is 0 Å². The zero-order valence-electron chi connectivity index (χ0n) is 10.1. The lowest BCUT2D eigenvalue weighted by Crippen LogP contribution is -2.42. The summed E-state index contributed by atoms with van der Waals surface area (Å²) in [4.78, 5) is 0. The topological polar surface area (TPSA) is 26.0 Å². The molecule has 0 rings (SSSR count). The van der Waals surface area contributed by atoms with Crippen LogP contribution < -0.4 is 5.73 Å². The van der Waals surface area contributed by atoms with Crippen molar-refractivity contribution in [3.63, 3.8) is 0 Å². The molecule has 2 N–H and O–H groups in total. The molecule has 0 radical (unpaired) electrons. The SMILES string of the molecule is CCCCC(N)(CC)CC(C)(C)C. The number of unbranched alkanes of at least 4 members (excludes halogenated alkanes) is 1. The smallest absolute Gasteiger partial charge is 0.0156 e. The summed E-state index contributed by atoms with van der Waals surface area (Å²) in [6.45, 7) is 11.3. The van der Waals surface area contributed by atoms with Crippen LogP contribution in [0.4, 0.5) is 0 Å². The first-order valence-corrected chi connectivity index (χ1v) is 5.62. The number of rotatable bonds is 5. The van der Waals surface area contributed by atoms with Crippen LogP contribution in [-0.2, 0) is 0 Å². The zero-order chi connectivity index (χ0) is 10.5. The van der Waals surface area contributed by atoms with Crippen molar-refractivity contribution in [2.24, 2.45) is 11.1 Å². The molecule has 0 aromatic carbocycles. The summed E-state index contributed by atoms with van der Waals surface area (Å²) in [6.07, 6.45) is 5.93. The molecule has 0 aromatic heterocycles. The predicted octanol–water partition coefficient (Wildman–Crippen LogP) is 3.72. The van der Waals surface area contributed by atoms with E-state index in [0.717, 1.165) is 12.8 Å². The summed E-state index contributed by atoms with van der Waals surface area (Å²) < 4.78 is 0. The maximum atomic E-state index is 6.37. The molecule has 13 heavy (non-hydrogen) atoms. The van der Waals surface area contributed by atoms with Crippen molar-refractivity contribution in [2.45, 2.75) is 72.3 Å². The average molecular weight is 185 g/mol. The van der Waals surface area contributed by atoms with E-state index < -0.39 is 0 Å². The van der Waals surface area contributed by atoms with Crippen molar-refractivity contribution in [1.82, 2.24) is 0 Å². The molecule has 0 aliphatic heterocycles. The third-order valence-corrected chi connectivity index (χ3v) is 2.61. The van der Waals surface area contributed by atoms with E-state index in [9.17, 15) is 0 Å². The van der Waals surface area contributed by atoms with Crippen molar-refractivity contribution >= 4 is 0 Å². The minimum atomic E-state index is 0.0776. The lowest BCUT2D eigenvalue weighted by molar-refractivity contribution is 0.231. The maximum Gasteiger partial charge on any atom is 0.0156 e. The molecule has 80 valence electrons. The summed E-state index contributed by atoms with van der Waals surface area (Å²) in [6, 6.07) is 0. The Morgan fingerprint density at radius 3 is 1.92 bits per heavy atom. The van der Waals surface area contributed by atoms with E-state index in [1.165, 1.54) is 19.3 Å². The Morgan fingerprint density at radius 2 is 1.62 bits per heavy atom. The highest BCUT2D eigenvalue weighted by atomic mass is 14.7. The van der Waals surface area contributed by atoms with Crippen LogP contribution in [0.2, 0.25) is 0 Å². The Morgan fingerprint density at radius 1 is 1.08 bits per heavy atom. The molecule has 1 nitrogen and oxygen atoms in total. The second-order valence-electron chi connectivity index (χ2n) is 5.56. The molecule has 1 atom stereocenters. The van der Waals surface area contributed by atoms with Gasteiger partial charge in [-0.2, -0.15) is 0 Å². The van der Waals surface area contributed by atoms with Gasteiger partial charge < -0.3 is 5.73 Å². The van der Waals surface area contributed by atoms with Gasteiger partial charge in [0.05, 0.1) is 0 Å². The Kier molecular flexibility index (Phi) is 4.98. The fourth-order valence-electron chi connectivity index (χ4n) is 1.98. The fourth-order valence-corrected chi connectivity index (χ4v) is 1.98. The van der Waals surface area contributed by atoms with Gasteiger partial charge in [-0.15, -0.1) is 0 Å². The summed E-state index contributed by atoms with van der Waals surface area (Å²) in [7, 11) is 0. The van der Waals surface area contributed by atoms with Crippen molar-refractivity contribution in [3.8, 4) is 0 Å². The second kappa shape index (κ2) is 4.99. The molecule has 0 aliphatic carbocycles. The molecule has 0 spiro atoms. The highest BCUT2D eigenvalue weighted by Gasteiger charge is 2.27. The Labute approximate surface area is 84.1 Å². The largest absolute Gasteiger partial charge is 0.325 e. The first-order valence-electron chi connectivity index (χ1n) is 5.62. The van der Waals surface area contributed by atoms with Gasteiger partial charge in [-0.3, -0.25) is 0 Å². The highest BCUT2D eigenvalue weighted by Crippen LogP contribution is 2.31. The van der Waals surface area contributed by atoms with Crippen LogP contribution in [0, 0.1) is 5.41 Å². The van der Waals surface area contributed by atoms with Crippen molar-refractivity contribution < 1.29 is 0 Å². The molecular formula is C12H27N. The molecular weight excluding hydrogens is 158 g/mol. The van der Waals surface area contributed by atoms with Crippen molar-refractivity contribution in [3.05, 3.63) is 0 Å². The number of nitrogens with two attached hydrogens (primary N) is 1. The van der Waals surface area contributed by atoms with E-state index in [-0.39, 0.29) is 5.54 Å². The quantitative estimate of drug-likeness (QED) is 0.694. The second-order valence-corrected chi connectivity index (χ2v) is 5.56. The lowest BCUT2D eigenvalue weighted by atomic mass is 9.76. The third-order valence-electron chi connectivity index (χ3n) is 2.61. The summed E-state index contributed by atoms with van der Waals surface area (Å²) in [5.74, 6) is 0. The molecule has 0 amide bonds. The highest BCUT2D eigenvalue weighted by molar-refractivity contribution is 4.86. The lowest BCUT2D eigenvalue weighted by Gasteiger charge is -2.35. The van der Waals surface area contributed by atoms with Crippen LogP contribution in [0.25, 0.3) is 0 Å². The minimum Gasteiger partial charge on any atom is -0.325 e. The van der Waals surface area contributed by atoms with Gasteiger partial charge in [0, 0.05) is 5.54 Å². The number of hydrogen-bond acceptors (Lipinski definition) is 1. The molecule has 1 heteroatoms. The fraction of sp³-hybridized carbons (Fsp3) is 1.00. The van der Waals surface area contributed by atoms with Gasteiger partial charge in [0.1, 0.15) is 0 Å². The molecule has 0 bridgehead atoms. The van der Waals surface area contributed by atoms with Gasteiger partial charge in [-0.1, -0.05) is 47.5 Å². The summed E-state index contributed by atoms with van der Waals surface area (Å²) in [5, 5.41) is 0. The van der Waals surface area contributed by atoms with Crippen LogP contribution in [0.5, 0.6) is 0 Å². The van der Waals surface area contributed by atoms with Crippen LogP contribution in [0.1, 0.15) is 66.7 Å². The first kappa shape index (κ1) is 13.0. The van der Waals surface area contributed by atoms with E-state index >= 15 is 0 Å². The predicted molar refractivity (Wildman–Crippen MR) is 60.8 cm³/mol. The third kappa shape index (κ3) is 6.09. The van der Waals surface area contributed by atoms with E-state index in [2.05, 4.69) is 34.6 Å². The molecule has 0 aliphatic rings. The molecule has 0 saturated carbocycles. The van der Waals surface area contributed by atoms with Gasteiger partial charge in [-0.05, 0) is 24.7 Å². The molecule has 0 saturated heterocycles. The van der Waals surface area contributed by atoms with E-state index in [4.69, 9.17) is 5.73 Å². The van der Waals surface area contributed by atoms with Gasteiger partial charge in [0.15, 0.2) is 0 Å². The monoisotopic (exact) mass is 185 g/mol. The average Bonchev–Trinajstić information content (AvgIpc) is 1.98. The van der Waals surface area contributed by atoms with E-state index in [0.29, 0.717) is 5.41 Å². The van der Waals surface area contributed by atoms with Crippen LogP contribution in [-0.4, -0.2) is 5.54 Å². The van der Waals surface area contributed by atoms with Crippen molar-refractivity contribution in [2.75, 3.05) is 0 Å². The Hall–Kier alpha value is -0.0400. The van der Waals surface area contributed by atoms with Crippen LogP contribution in [0.15, 0.2) is 0 Å². The Bertz CT molecular complexity index is 135. The molecule has 0 fully saturated rings. The van der Waals surface area contributed by atoms with Gasteiger partial charge in [-0.25, -0.2) is 0 Å². The minimum absolute atomic E-state index is 0.0776. The van der Waals surface area contributed by atoms with Gasteiger partial charge in [0.2, 0.25) is 0 Å². The summed E-state index contributed by atoms with van der Waals surface area (Å²) >= 11 is 0. The normalized spacial score (nSPS) is 17.1. The molecule has 1 unspecified atom stereocenters. The first-order chi connectivity index (χ1) is 5.83. The van der Waals surface area contributed by atoms with Gasteiger partial charge in [0.25, 0.3) is 0 Å². The standard InChI is InChI=1S/C12H27N/c1-6-8-9-12(13,7-2)10-11(3,4)5/h6-10,13H2,1-5H3. The zero-order valence-corrected chi connectivity index (χ0v) is 10.1. The Balaban J connectivity index is 4.11. The van der Waals surface area contributed by atoms with E-state index in [1.807, 2.05) is 0 Å². The van der Waals surface area contributed by atoms with Gasteiger partial charge >= 0.3 is 0 Å². The van der Waals surface area contributed by atoms with Crippen molar-refractivity contribution in [1.29, 1.82) is 0 Å². The molecule has 0 aromatic rings. The molecule has 0 heterocycles. The van der Waals surface area contributed by atoms with Crippen LogP contribution >= 0.6 is 0 Å².